The number of ether oxygens (including phenoxy) is 2. The van der Waals surface area contributed by atoms with Gasteiger partial charge in [0.25, 0.3) is 0 Å². The van der Waals surface area contributed by atoms with E-state index < -0.39 is 60.7 Å². The molecule has 0 saturated carbocycles. The standard InChI is InChI=1S/C19H25N6O14P3S2/c1-11(8-43-44-14-4-2-3-5-20-14)36-19(27)24-17-16-18(22-9-21-17)25(10-23-16)15-6-12(26)13(37-15)7-35-41(31,32)39-42(33,34)38-40(28,29)30/h2-5,9-13,15,26H,6-8H2,1H3,(H,31,32)(H,33,34)(H2,28,29,30)(H,21,22,24,27). The Hall–Kier alpha value is -2.00. The summed E-state index contributed by atoms with van der Waals surface area (Å²) in [5, 5.41) is 13.7. The Morgan fingerprint density at radius 2 is 1.91 bits per heavy atom. The molecule has 20 nitrogen and oxygen atoms in total. The maximum absolute atomic E-state index is 12.5. The normalized spacial score (nSPS) is 22.3. The first-order chi connectivity index (χ1) is 20.6. The third-order valence-corrected chi connectivity index (χ3v) is 11.5. The number of hydrogen-bond acceptors (Lipinski definition) is 16. The number of phosphoric ester groups is 1. The van der Waals surface area contributed by atoms with Crippen LogP contribution in [0.4, 0.5) is 10.6 Å². The summed E-state index contributed by atoms with van der Waals surface area (Å²) in [6, 6.07) is 5.53. The largest absolute Gasteiger partial charge is 0.490 e. The van der Waals surface area contributed by atoms with Crippen molar-refractivity contribution in [3.8, 4) is 0 Å². The van der Waals surface area contributed by atoms with Crippen LogP contribution in [0.1, 0.15) is 19.6 Å². The number of carbonyl (C=O) groups excluding carboxylic acids is 1. The number of aromatic nitrogens is 5. The smallest absolute Gasteiger partial charge is 0.445 e. The number of hydrogen-bond donors (Lipinski definition) is 6. The molecule has 6 unspecified atom stereocenters. The second-order valence-corrected chi connectivity index (χ2v) is 15.5. The molecular weight excluding hydrogens is 693 g/mol. The summed E-state index contributed by atoms with van der Waals surface area (Å²) in [6.45, 7) is 0.873. The Labute approximate surface area is 255 Å². The molecule has 1 saturated heterocycles. The number of rotatable bonds is 14. The van der Waals surface area contributed by atoms with Crippen LogP contribution in [0, 0.1) is 0 Å². The molecule has 242 valence electrons. The van der Waals surface area contributed by atoms with Crippen molar-refractivity contribution in [3.05, 3.63) is 37.1 Å². The molecule has 3 aromatic heterocycles. The number of amides is 1. The van der Waals surface area contributed by atoms with Crippen LogP contribution in [-0.2, 0) is 36.3 Å². The monoisotopic (exact) mass is 718 g/mol. The summed E-state index contributed by atoms with van der Waals surface area (Å²) in [6.07, 6.45) is -0.693. The van der Waals surface area contributed by atoms with Crippen molar-refractivity contribution in [1.82, 2.24) is 24.5 Å². The number of fused-ring (bicyclic) bond motifs is 1. The van der Waals surface area contributed by atoms with Crippen LogP contribution in [0.25, 0.3) is 11.2 Å². The van der Waals surface area contributed by atoms with Gasteiger partial charge in [-0.15, -0.1) is 0 Å². The summed E-state index contributed by atoms with van der Waals surface area (Å²) < 4.78 is 58.5. The zero-order valence-corrected chi connectivity index (χ0v) is 26.5. The summed E-state index contributed by atoms with van der Waals surface area (Å²) in [5.74, 6) is 0.511. The number of aliphatic hydroxyl groups excluding tert-OH is 1. The highest BCUT2D eigenvalue weighted by molar-refractivity contribution is 8.76. The van der Waals surface area contributed by atoms with Gasteiger partial charge in [0.1, 0.15) is 29.8 Å². The van der Waals surface area contributed by atoms with Gasteiger partial charge in [0, 0.05) is 18.4 Å². The molecule has 0 aromatic carbocycles. The van der Waals surface area contributed by atoms with E-state index in [2.05, 4.69) is 38.4 Å². The van der Waals surface area contributed by atoms with Gasteiger partial charge in [-0.1, -0.05) is 16.9 Å². The molecule has 0 radical (unpaired) electrons. The van der Waals surface area contributed by atoms with Gasteiger partial charge in [0.05, 0.1) is 19.0 Å². The summed E-state index contributed by atoms with van der Waals surface area (Å²) in [5.41, 5.74) is 0.350. The van der Waals surface area contributed by atoms with Crippen LogP contribution in [0.5, 0.6) is 0 Å². The highest BCUT2D eigenvalue weighted by Gasteiger charge is 2.43. The number of carbonyl (C=O) groups is 1. The highest BCUT2D eigenvalue weighted by Crippen LogP contribution is 2.66. The lowest BCUT2D eigenvalue weighted by Crippen LogP contribution is -2.26. The van der Waals surface area contributed by atoms with Crippen molar-refractivity contribution >= 4 is 68.1 Å². The van der Waals surface area contributed by atoms with Crippen LogP contribution < -0.4 is 5.32 Å². The van der Waals surface area contributed by atoms with E-state index in [1.54, 1.807) is 13.1 Å². The number of phosphoric acid groups is 3. The van der Waals surface area contributed by atoms with Crippen LogP contribution in [0.15, 0.2) is 42.1 Å². The number of pyridine rings is 1. The molecule has 1 aliphatic heterocycles. The molecule has 0 spiro atoms. The molecular formula is C19H25N6O14P3S2. The maximum atomic E-state index is 12.5. The second-order valence-electron chi connectivity index (χ2n) is 8.74. The average molecular weight is 718 g/mol. The van der Waals surface area contributed by atoms with Crippen molar-refractivity contribution in [3.63, 3.8) is 0 Å². The molecule has 1 aliphatic rings. The molecule has 1 amide bonds. The summed E-state index contributed by atoms with van der Waals surface area (Å²) >= 11 is 0. The first-order valence-electron chi connectivity index (χ1n) is 12.1. The number of imidazole rings is 1. The van der Waals surface area contributed by atoms with E-state index in [0.717, 1.165) is 11.4 Å². The van der Waals surface area contributed by atoms with E-state index in [4.69, 9.17) is 19.3 Å². The van der Waals surface area contributed by atoms with Crippen molar-refractivity contribution < 1.29 is 65.8 Å². The van der Waals surface area contributed by atoms with Gasteiger partial charge in [-0.3, -0.25) is 14.4 Å². The molecule has 6 atom stereocenters. The van der Waals surface area contributed by atoms with Gasteiger partial charge < -0.3 is 34.2 Å². The summed E-state index contributed by atoms with van der Waals surface area (Å²) in [4.78, 5) is 65.2. The van der Waals surface area contributed by atoms with E-state index in [0.29, 0.717) is 5.75 Å². The molecule has 6 N–H and O–H groups in total. The van der Waals surface area contributed by atoms with Gasteiger partial charge in [0.15, 0.2) is 17.0 Å². The third kappa shape index (κ3) is 10.3. The van der Waals surface area contributed by atoms with Gasteiger partial charge in [-0.05, 0) is 29.9 Å². The van der Waals surface area contributed by atoms with Crippen LogP contribution in [-0.4, -0.2) is 85.9 Å². The first kappa shape index (κ1) is 34.9. The molecule has 0 bridgehead atoms. The predicted octanol–water partition coefficient (Wildman–Crippen LogP) is 2.59. The SMILES string of the molecule is CC(CSSc1ccccn1)OC(=O)Nc1ncnc2c1ncn2C1CC(O)C(COP(=O)(O)OP(=O)(O)OP(=O)(O)O)O1. The highest BCUT2D eigenvalue weighted by atomic mass is 33.1. The van der Waals surface area contributed by atoms with Crippen LogP contribution in [0.2, 0.25) is 0 Å². The van der Waals surface area contributed by atoms with Crippen LogP contribution >= 0.6 is 45.1 Å². The molecule has 3 aromatic rings. The molecule has 0 aliphatic carbocycles. The Bertz CT molecular complexity index is 1600. The fraction of sp³-hybridized carbons (Fsp3) is 0.421. The van der Waals surface area contributed by atoms with E-state index in [1.807, 2.05) is 18.2 Å². The topological polar surface area (TPSA) is 284 Å². The number of anilines is 1. The Balaban J connectivity index is 1.32. The van der Waals surface area contributed by atoms with E-state index in [-0.39, 0.29) is 23.4 Å². The van der Waals surface area contributed by atoms with Gasteiger partial charge >= 0.3 is 29.6 Å². The van der Waals surface area contributed by atoms with Crippen molar-refractivity contribution in [1.29, 1.82) is 0 Å². The Morgan fingerprint density at radius 3 is 2.61 bits per heavy atom. The molecule has 25 heteroatoms. The molecule has 4 rings (SSSR count). The third-order valence-electron chi connectivity index (χ3n) is 5.30. The number of aliphatic hydroxyl groups is 1. The number of nitrogens with one attached hydrogen (secondary N) is 1. The Morgan fingerprint density at radius 1 is 1.14 bits per heavy atom. The molecule has 4 heterocycles. The lowest BCUT2D eigenvalue weighted by atomic mass is 10.2. The zero-order chi connectivity index (χ0) is 32.1. The quantitative estimate of drug-likeness (QED) is 0.103. The fourth-order valence-corrected chi connectivity index (χ4v) is 8.74. The average Bonchev–Trinajstić information content (AvgIpc) is 3.49. The van der Waals surface area contributed by atoms with E-state index >= 15 is 0 Å². The lowest BCUT2D eigenvalue weighted by molar-refractivity contribution is -0.0423. The van der Waals surface area contributed by atoms with Crippen LogP contribution in [0.3, 0.4) is 0 Å². The molecule has 44 heavy (non-hydrogen) atoms. The lowest BCUT2D eigenvalue weighted by Gasteiger charge is -2.19. The Kier molecular flexibility index (Phi) is 11.6. The maximum Gasteiger partial charge on any atom is 0.490 e. The van der Waals surface area contributed by atoms with Gasteiger partial charge in [0.2, 0.25) is 0 Å². The predicted molar refractivity (Wildman–Crippen MR) is 152 cm³/mol. The minimum absolute atomic E-state index is 0.0317. The fourth-order valence-electron chi connectivity index (χ4n) is 3.59. The number of nitrogens with zero attached hydrogens (tertiary/aromatic N) is 5. The van der Waals surface area contributed by atoms with E-state index in [1.165, 1.54) is 32.5 Å². The second kappa shape index (κ2) is 14.6. The van der Waals surface area contributed by atoms with E-state index in [9.17, 15) is 33.4 Å². The van der Waals surface area contributed by atoms with Crippen molar-refractivity contribution in [2.24, 2.45) is 0 Å². The minimum atomic E-state index is -5.71. The summed E-state index contributed by atoms with van der Waals surface area (Å²) in [7, 11) is -13.8. The minimum Gasteiger partial charge on any atom is -0.445 e. The van der Waals surface area contributed by atoms with Crippen molar-refractivity contribution in [2.45, 2.75) is 42.9 Å². The first-order valence-corrected chi connectivity index (χ1v) is 18.9. The zero-order valence-electron chi connectivity index (χ0n) is 22.2. The van der Waals surface area contributed by atoms with Gasteiger partial charge in [-0.25, -0.2) is 38.4 Å². The molecule has 1 fully saturated rings. The van der Waals surface area contributed by atoms with Gasteiger partial charge in [-0.2, -0.15) is 8.62 Å². The van der Waals surface area contributed by atoms with Crippen molar-refractivity contribution in [2.75, 3.05) is 17.7 Å².